The summed E-state index contributed by atoms with van der Waals surface area (Å²) in [4.78, 5) is 11.9. The van der Waals surface area contributed by atoms with Crippen molar-refractivity contribution in [1.29, 1.82) is 0 Å². The lowest BCUT2D eigenvalue weighted by Crippen LogP contribution is -2.28. The summed E-state index contributed by atoms with van der Waals surface area (Å²) in [6, 6.07) is 7.40. The molecule has 0 aliphatic carbocycles. The van der Waals surface area contributed by atoms with Crippen molar-refractivity contribution < 1.29 is 9.90 Å². The van der Waals surface area contributed by atoms with Crippen LogP contribution in [0.2, 0.25) is 0 Å². The molecule has 0 aromatic heterocycles. The number of carbonyl (C=O) groups is 1. The molecule has 0 spiro atoms. The van der Waals surface area contributed by atoms with Gasteiger partial charge in [-0.3, -0.25) is 4.79 Å². The van der Waals surface area contributed by atoms with Gasteiger partial charge < -0.3 is 16.2 Å². The zero-order valence-corrected chi connectivity index (χ0v) is 10.9. The molecule has 1 rings (SSSR count). The number of rotatable bonds is 7. The maximum atomic E-state index is 11.9. The number of carbonyl (C=O) groups excluding carboxylic acids is 1. The maximum absolute atomic E-state index is 11.9. The fourth-order valence-electron chi connectivity index (χ4n) is 1.76. The Balaban J connectivity index is 2.37. The lowest BCUT2D eigenvalue weighted by molar-refractivity contribution is -0.122. The Morgan fingerprint density at radius 3 is 2.83 bits per heavy atom. The van der Waals surface area contributed by atoms with E-state index >= 15 is 0 Å². The summed E-state index contributed by atoms with van der Waals surface area (Å²) in [7, 11) is 0. The quantitative estimate of drug-likeness (QED) is 0.509. The fourth-order valence-corrected chi connectivity index (χ4v) is 1.76. The van der Waals surface area contributed by atoms with Crippen LogP contribution in [-0.4, -0.2) is 24.2 Å². The van der Waals surface area contributed by atoms with Gasteiger partial charge in [0, 0.05) is 18.8 Å². The number of anilines is 1. The second-order valence-electron chi connectivity index (χ2n) is 4.47. The van der Waals surface area contributed by atoms with Gasteiger partial charge in [0.05, 0.1) is 5.92 Å². The van der Waals surface area contributed by atoms with Gasteiger partial charge in [0.15, 0.2) is 0 Å². The van der Waals surface area contributed by atoms with Gasteiger partial charge in [0.25, 0.3) is 0 Å². The highest BCUT2D eigenvalue weighted by Gasteiger charge is 2.14. The topological polar surface area (TPSA) is 75.3 Å². The van der Waals surface area contributed by atoms with Gasteiger partial charge in [0.2, 0.25) is 5.91 Å². The Labute approximate surface area is 108 Å². The van der Waals surface area contributed by atoms with E-state index in [2.05, 4.69) is 5.32 Å². The summed E-state index contributed by atoms with van der Waals surface area (Å²) in [5.41, 5.74) is 7.31. The van der Waals surface area contributed by atoms with Crippen molar-refractivity contribution in [3.05, 3.63) is 29.8 Å². The monoisotopic (exact) mass is 250 g/mol. The second kappa shape index (κ2) is 7.71. The zero-order valence-electron chi connectivity index (χ0n) is 10.9. The Kier molecular flexibility index (Phi) is 6.22. The average Bonchev–Trinajstić information content (AvgIpc) is 2.37. The van der Waals surface area contributed by atoms with Crippen LogP contribution < -0.4 is 11.1 Å². The molecule has 0 fully saturated rings. The molecule has 4 heteroatoms. The van der Waals surface area contributed by atoms with Gasteiger partial charge in [-0.05, 0) is 43.9 Å². The molecule has 18 heavy (non-hydrogen) atoms. The number of aliphatic hydroxyl groups excluding tert-OH is 1. The molecule has 0 heterocycles. The summed E-state index contributed by atoms with van der Waals surface area (Å²) >= 11 is 0. The van der Waals surface area contributed by atoms with Gasteiger partial charge in [-0.1, -0.05) is 12.1 Å². The molecule has 4 N–H and O–H groups in total. The van der Waals surface area contributed by atoms with Crippen molar-refractivity contribution >= 4 is 11.6 Å². The van der Waals surface area contributed by atoms with E-state index in [4.69, 9.17) is 10.8 Å². The molecular weight excluding hydrogens is 228 g/mol. The van der Waals surface area contributed by atoms with E-state index in [1.54, 1.807) is 0 Å². The molecule has 0 bridgehead atoms. The Morgan fingerprint density at radius 1 is 1.39 bits per heavy atom. The van der Waals surface area contributed by atoms with Crippen LogP contribution in [0.25, 0.3) is 0 Å². The Hall–Kier alpha value is -1.55. The number of unbranched alkanes of at least 4 members (excludes halogenated alkanes) is 2. The molecule has 1 aromatic rings. The lowest BCUT2D eigenvalue weighted by atomic mass is 10.00. The highest BCUT2D eigenvalue weighted by atomic mass is 16.2. The first-order valence-electron chi connectivity index (χ1n) is 6.39. The van der Waals surface area contributed by atoms with Crippen molar-refractivity contribution in [2.24, 2.45) is 0 Å². The molecule has 0 aliphatic heterocycles. The van der Waals surface area contributed by atoms with E-state index in [0.717, 1.165) is 24.8 Å². The summed E-state index contributed by atoms with van der Waals surface area (Å²) in [6.45, 7) is 2.75. The summed E-state index contributed by atoms with van der Waals surface area (Å²) in [6.07, 6.45) is 2.63. The number of amides is 1. The molecular formula is C14H22N2O2. The predicted molar refractivity (Wildman–Crippen MR) is 73.2 cm³/mol. The van der Waals surface area contributed by atoms with E-state index < -0.39 is 0 Å². The Bertz CT molecular complexity index is 380. The van der Waals surface area contributed by atoms with Crippen LogP contribution in [0.5, 0.6) is 0 Å². The molecule has 0 aliphatic rings. The predicted octanol–water partition coefficient (Wildman–Crippen LogP) is 1.65. The normalized spacial score (nSPS) is 12.1. The number of nitrogens with two attached hydrogens (primary N) is 1. The third-order valence-corrected chi connectivity index (χ3v) is 2.94. The molecule has 1 unspecified atom stereocenters. The molecule has 1 aromatic carbocycles. The third kappa shape index (κ3) is 4.75. The fraction of sp³-hybridized carbons (Fsp3) is 0.500. The first-order chi connectivity index (χ1) is 8.65. The highest BCUT2D eigenvalue weighted by Crippen LogP contribution is 2.17. The van der Waals surface area contributed by atoms with Crippen LogP contribution in [0.4, 0.5) is 5.69 Å². The number of benzene rings is 1. The van der Waals surface area contributed by atoms with Crippen LogP contribution >= 0.6 is 0 Å². The SMILES string of the molecule is CC(C(=O)NCCCCCO)c1cccc(N)c1. The largest absolute Gasteiger partial charge is 0.399 e. The maximum Gasteiger partial charge on any atom is 0.227 e. The van der Waals surface area contributed by atoms with Crippen molar-refractivity contribution in [1.82, 2.24) is 5.32 Å². The van der Waals surface area contributed by atoms with E-state index in [0.29, 0.717) is 12.2 Å². The minimum atomic E-state index is -0.189. The lowest BCUT2D eigenvalue weighted by Gasteiger charge is -2.13. The number of aliphatic hydroxyl groups is 1. The smallest absolute Gasteiger partial charge is 0.227 e. The molecule has 0 saturated carbocycles. The summed E-state index contributed by atoms with van der Waals surface area (Å²) in [5.74, 6) is -0.170. The van der Waals surface area contributed by atoms with E-state index in [9.17, 15) is 4.79 Å². The number of hydrogen-bond donors (Lipinski definition) is 3. The average molecular weight is 250 g/mol. The van der Waals surface area contributed by atoms with Crippen molar-refractivity contribution in [3.8, 4) is 0 Å². The minimum Gasteiger partial charge on any atom is -0.399 e. The summed E-state index contributed by atoms with van der Waals surface area (Å²) < 4.78 is 0. The zero-order chi connectivity index (χ0) is 13.4. The second-order valence-corrected chi connectivity index (χ2v) is 4.47. The number of nitrogen functional groups attached to an aromatic ring is 1. The van der Waals surface area contributed by atoms with E-state index in [1.807, 2.05) is 31.2 Å². The highest BCUT2D eigenvalue weighted by molar-refractivity contribution is 5.83. The van der Waals surface area contributed by atoms with Gasteiger partial charge in [-0.15, -0.1) is 0 Å². The van der Waals surface area contributed by atoms with E-state index in [1.165, 1.54) is 0 Å². The number of hydrogen-bond acceptors (Lipinski definition) is 3. The van der Waals surface area contributed by atoms with Gasteiger partial charge in [-0.2, -0.15) is 0 Å². The first kappa shape index (κ1) is 14.5. The Morgan fingerprint density at radius 2 is 2.17 bits per heavy atom. The third-order valence-electron chi connectivity index (χ3n) is 2.94. The standard InChI is InChI=1S/C14H22N2O2/c1-11(12-6-5-7-13(15)10-12)14(18)16-8-3-2-4-9-17/h5-7,10-11,17H,2-4,8-9,15H2,1H3,(H,16,18). The van der Waals surface area contributed by atoms with Crippen molar-refractivity contribution in [2.75, 3.05) is 18.9 Å². The van der Waals surface area contributed by atoms with Gasteiger partial charge in [-0.25, -0.2) is 0 Å². The van der Waals surface area contributed by atoms with Gasteiger partial charge >= 0.3 is 0 Å². The van der Waals surface area contributed by atoms with Crippen LogP contribution in [0, 0.1) is 0 Å². The van der Waals surface area contributed by atoms with Crippen LogP contribution in [0.15, 0.2) is 24.3 Å². The molecule has 0 saturated heterocycles. The van der Waals surface area contributed by atoms with Crippen LogP contribution in [-0.2, 0) is 4.79 Å². The molecule has 1 amide bonds. The minimum absolute atomic E-state index is 0.0181. The van der Waals surface area contributed by atoms with Crippen molar-refractivity contribution in [2.45, 2.75) is 32.1 Å². The van der Waals surface area contributed by atoms with Crippen LogP contribution in [0.1, 0.15) is 37.7 Å². The van der Waals surface area contributed by atoms with Gasteiger partial charge in [0.1, 0.15) is 0 Å². The first-order valence-corrected chi connectivity index (χ1v) is 6.39. The molecule has 4 nitrogen and oxygen atoms in total. The molecule has 1 atom stereocenters. The van der Waals surface area contributed by atoms with E-state index in [-0.39, 0.29) is 18.4 Å². The van der Waals surface area contributed by atoms with Crippen LogP contribution in [0.3, 0.4) is 0 Å². The molecule has 100 valence electrons. The number of nitrogens with one attached hydrogen (secondary N) is 1. The summed E-state index contributed by atoms with van der Waals surface area (Å²) in [5, 5.41) is 11.5. The van der Waals surface area contributed by atoms with Crippen molar-refractivity contribution in [3.63, 3.8) is 0 Å². The molecule has 0 radical (unpaired) electrons.